The molecule has 1 atom stereocenters. The van der Waals surface area contributed by atoms with Crippen LogP contribution in [0.15, 0.2) is 22.9 Å². The molecule has 0 spiro atoms. The highest BCUT2D eigenvalue weighted by Gasteiger charge is 2.22. The molecule has 100 valence electrons. The van der Waals surface area contributed by atoms with E-state index in [1.807, 2.05) is 19.0 Å². The maximum Gasteiger partial charge on any atom is 0.251 e. The van der Waals surface area contributed by atoms with Gasteiger partial charge in [0.1, 0.15) is 4.60 Å². The summed E-state index contributed by atoms with van der Waals surface area (Å²) in [6.07, 6.45) is 1.55. The summed E-state index contributed by atoms with van der Waals surface area (Å²) in [6, 6.07) is 3.26. The lowest BCUT2D eigenvalue weighted by atomic mass is 10.1. The third kappa shape index (κ3) is 5.12. The Bertz CT molecular complexity index is 422. The first kappa shape index (κ1) is 15.1. The minimum Gasteiger partial charge on any atom is -0.387 e. The van der Waals surface area contributed by atoms with Gasteiger partial charge in [0.05, 0.1) is 5.60 Å². The summed E-state index contributed by atoms with van der Waals surface area (Å²) >= 11 is 3.21. The van der Waals surface area contributed by atoms with Crippen LogP contribution >= 0.6 is 15.9 Å². The monoisotopic (exact) mass is 315 g/mol. The minimum absolute atomic E-state index is 0.198. The molecule has 6 heteroatoms. The lowest BCUT2D eigenvalue weighted by Gasteiger charge is -2.27. The van der Waals surface area contributed by atoms with Crippen molar-refractivity contribution in [3.63, 3.8) is 0 Å². The molecule has 1 rings (SSSR count). The van der Waals surface area contributed by atoms with Crippen LogP contribution in [0.1, 0.15) is 17.3 Å². The number of pyridine rings is 1. The van der Waals surface area contributed by atoms with E-state index in [0.29, 0.717) is 16.7 Å². The molecule has 0 radical (unpaired) electrons. The van der Waals surface area contributed by atoms with Gasteiger partial charge in [0, 0.05) is 24.8 Å². The van der Waals surface area contributed by atoms with Gasteiger partial charge in [-0.1, -0.05) is 0 Å². The van der Waals surface area contributed by atoms with Gasteiger partial charge in [-0.05, 0) is 49.1 Å². The predicted molar refractivity (Wildman–Crippen MR) is 73.4 cm³/mol. The van der Waals surface area contributed by atoms with Crippen molar-refractivity contribution in [2.75, 3.05) is 27.2 Å². The highest BCUT2D eigenvalue weighted by molar-refractivity contribution is 9.10. The van der Waals surface area contributed by atoms with Gasteiger partial charge in [0.2, 0.25) is 0 Å². The second kappa shape index (κ2) is 6.26. The summed E-state index contributed by atoms with van der Waals surface area (Å²) in [6.45, 7) is 2.37. The predicted octanol–water partition coefficient (Wildman–Crippen LogP) is 0.886. The first-order valence-corrected chi connectivity index (χ1v) is 6.36. The number of halogens is 1. The van der Waals surface area contributed by atoms with E-state index in [2.05, 4.69) is 26.2 Å². The van der Waals surface area contributed by atoms with Crippen molar-refractivity contribution < 1.29 is 9.90 Å². The normalized spacial score (nSPS) is 14.3. The molecule has 0 aromatic carbocycles. The molecule has 0 bridgehead atoms. The van der Waals surface area contributed by atoms with Crippen LogP contribution in [0, 0.1) is 0 Å². The zero-order valence-electron chi connectivity index (χ0n) is 10.8. The summed E-state index contributed by atoms with van der Waals surface area (Å²) < 4.78 is 0.607. The largest absolute Gasteiger partial charge is 0.387 e. The fourth-order valence-electron chi connectivity index (χ4n) is 1.65. The molecule has 1 unspecified atom stereocenters. The Kier molecular flexibility index (Phi) is 5.25. The van der Waals surface area contributed by atoms with Crippen molar-refractivity contribution in [3.8, 4) is 0 Å². The number of rotatable bonds is 5. The standard InChI is InChI=1S/C12H18BrN3O2/c1-12(18,8-16(2)3)7-15-11(17)9-4-5-14-10(13)6-9/h4-6,18H,7-8H2,1-3H3,(H,15,17). The lowest BCUT2D eigenvalue weighted by Crippen LogP contribution is -2.47. The van der Waals surface area contributed by atoms with Gasteiger partial charge in [-0.3, -0.25) is 4.79 Å². The van der Waals surface area contributed by atoms with Crippen molar-refractivity contribution in [1.29, 1.82) is 0 Å². The molecule has 18 heavy (non-hydrogen) atoms. The van der Waals surface area contributed by atoms with Gasteiger partial charge in [0.15, 0.2) is 0 Å². The Balaban J connectivity index is 2.56. The second-order valence-electron chi connectivity index (χ2n) is 4.78. The Hall–Kier alpha value is -0.980. The summed E-state index contributed by atoms with van der Waals surface area (Å²) in [5.41, 5.74) is -0.443. The summed E-state index contributed by atoms with van der Waals surface area (Å²) in [4.78, 5) is 17.7. The molecule has 0 saturated heterocycles. The third-order valence-corrected chi connectivity index (χ3v) is 2.71. The van der Waals surface area contributed by atoms with Crippen LogP contribution in [0.3, 0.4) is 0 Å². The number of nitrogens with zero attached hydrogens (tertiary/aromatic N) is 2. The van der Waals surface area contributed by atoms with Crippen LogP contribution in [-0.2, 0) is 0 Å². The average Bonchev–Trinajstić information content (AvgIpc) is 2.24. The number of likely N-dealkylation sites (N-methyl/N-ethyl adjacent to an activating group) is 1. The SMILES string of the molecule is CN(C)CC(C)(O)CNC(=O)c1ccnc(Br)c1. The molecule has 2 N–H and O–H groups in total. The summed E-state index contributed by atoms with van der Waals surface area (Å²) in [7, 11) is 3.74. The number of carbonyl (C=O) groups excluding carboxylic acids is 1. The number of aliphatic hydroxyl groups is 1. The van der Waals surface area contributed by atoms with Gasteiger partial charge in [-0.15, -0.1) is 0 Å². The van der Waals surface area contributed by atoms with Gasteiger partial charge in [-0.25, -0.2) is 4.98 Å². The maximum atomic E-state index is 11.8. The lowest BCUT2D eigenvalue weighted by molar-refractivity contribution is 0.0326. The van der Waals surface area contributed by atoms with E-state index in [1.165, 1.54) is 0 Å². The molecule has 0 aliphatic carbocycles. The smallest absolute Gasteiger partial charge is 0.251 e. The highest BCUT2D eigenvalue weighted by atomic mass is 79.9. The average molecular weight is 316 g/mol. The van der Waals surface area contributed by atoms with Gasteiger partial charge in [0.25, 0.3) is 5.91 Å². The molecule has 0 fully saturated rings. The highest BCUT2D eigenvalue weighted by Crippen LogP contribution is 2.08. The number of amides is 1. The van der Waals surface area contributed by atoms with Gasteiger partial charge < -0.3 is 15.3 Å². The van der Waals surface area contributed by atoms with Crippen molar-refractivity contribution >= 4 is 21.8 Å². The molecule has 1 aromatic heterocycles. The number of hydrogen-bond donors (Lipinski definition) is 2. The van der Waals surface area contributed by atoms with Gasteiger partial charge in [-0.2, -0.15) is 0 Å². The fraction of sp³-hybridized carbons (Fsp3) is 0.500. The molecule has 5 nitrogen and oxygen atoms in total. The van der Waals surface area contributed by atoms with Crippen molar-refractivity contribution in [3.05, 3.63) is 28.5 Å². The molecule has 0 aliphatic rings. The van der Waals surface area contributed by atoms with Crippen molar-refractivity contribution in [2.24, 2.45) is 0 Å². The maximum absolute atomic E-state index is 11.8. The number of nitrogens with one attached hydrogen (secondary N) is 1. The van der Waals surface area contributed by atoms with Crippen LogP contribution in [0.25, 0.3) is 0 Å². The second-order valence-corrected chi connectivity index (χ2v) is 5.60. The van der Waals surface area contributed by atoms with Crippen LogP contribution < -0.4 is 5.32 Å². The first-order chi connectivity index (χ1) is 8.30. The van der Waals surface area contributed by atoms with Crippen molar-refractivity contribution in [1.82, 2.24) is 15.2 Å². The zero-order valence-corrected chi connectivity index (χ0v) is 12.4. The number of carbonyl (C=O) groups is 1. The van der Waals surface area contributed by atoms with E-state index in [1.54, 1.807) is 25.3 Å². The Morgan fingerprint density at radius 3 is 2.83 bits per heavy atom. The quantitative estimate of drug-likeness (QED) is 0.792. The van der Waals surface area contributed by atoms with Crippen molar-refractivity contribution in [2.45, 2.75) is 12.5 Å². The molecular weight excluding hydrogens is 298 g/mol. The van der Waals surface area contributed by atoms with E-state index < -0.39 is 5.60 Å². The minimum atomic E-state index is -0.955. The third-order valence-electron chi connectivity index (χ3n) is 2.28. The van der Waals surface area contributed by atoms with E-state index >= 15 is 0 Å². The molecule has 1 amide bonds. The van der Waals surface area contributed by atoms with Crippen LogP contribution in [0.5, 0.6) is 0 Å². The summed E-state index contributed by atoms with van der Waals surface area (Å²) in [5.74, 6) is -0.225. The van der Waals surface area contributed by atoms with Crippen LogP contribution in [0.4, 0.5) is 0 Å². The summed E-state index contributed by atoms with van der Waals surface area (Å²) in [5, 5.41) is 12.8. The van der Waals surface area contributed by atoms with Crippen LogP contribution in [0.2, 0.25) is 0 Å². The fourth-order valence-corrected chi connectivity index (χ4v) is 2.02. The molecular formula is C12H18BrN3O2. The zero-order chi connectivity index (χ0) is 13.8. The van der Waals surface area contributed by atoms with E-state index in [4.69, 9.17) is 0 Å². The molecule has 1 heterocycles. The van der Waals surface area contributed by atoms with Crippen LogP contribution in [-0.4, -0.2) is 53.7 Å². The molecule has 0 saturated carbocycles. The Morgan fingerprint density at radius 2 is 2.28 bits per heavy atom. The topological polar surface area (TPSA) is 65.5 Å². The van der Waals surface area contributed by atoms with E-state index in [0.717, 1.165) is 0 Å². The Morgan fingerprint density at radius 1 is 1.61 bits per heavy atom. The Labute approximate surface area is 115 Å². The van der Waals surface area contributed by atoms with Gasteiger partial charge >= 0.3 is 0 Å². The number of aromatic nitrogens is 1. The number of hydrogen-bond acceptors (Lipinski definition) is 4. The first-order valence-electron chi connectivity index (χ1n) is 5.57. The molecule has 1 aromatic rings. The molecule has 0 aliphatic heterocycles. The van der Waals surface area contributed by atoms with E-state index in [9.17, 15) is 9.90 Å². The van der Waals surface area contributed by atoms with E-state index in [-0.39, 0.29) is 12.5 Å².